The minimum Gasteiger partial charge on any atom is -0.493 e. The van der Waals surface area contributed by atoms with Crippen molar-refractivity contribution in [1.29, 1.82) is 0 Å². The average Bonchev–Trinajstić information content (AvgIpc) is 2.43. The molecule has 1 aromatic rings. The number of hydrogen-bond donors (Lipinski definition) is 0. The van der Waals surface area contributed by atoms with Gasteiger partial charge in [-0.25, -0.2) is 4.99 Å². The SMILES string of the molecule is COc1cc2c(cc1OC)N=C1CCCCN1C2. The number of hydrogen-bond acceptors (Lipinski definition) is 4. The van der Waals surface area contributed by atoms with E-state index in [1.165, 1.54) is 24.2 Å². The number of nitrogens with zero attached hydrogens (tertiary/aromatic N) is 2. The Kier molecular flexibility index (Phi) is 2.86. The van der Waals surface area contributed by atoms with E-state index >= 15 is 0 Å². The normalized spacial score (nSPS) is 17.7. The molecular formula is C14H18N2O2. The van der Waals surface area contributed by atoms with E-state index in [2.05, 4.69) is 4.90 Å². The average molecular weight is 246 g/mol. The Hall–Kier alpha value is -1.71. The molecule has 0 saturated carbocycles. The van der Waals surface area contributed by atoms with Gasteiger partial charge >= 0.3 is 0 Å². The predicted octanol–water partition coefficient (Wildman–Crippen LogP) is 2.73. The first-order valence-corrected chi connectivity index (χ1v) is 6.39. The van der Waals surface area contributed by atoms with E-state index in [1.54, 1.807) is 14.2 Å². The van der Waals surface area contributed by atoms with Gasteiger partial charge in [-0.15, -0.1) is 0 Å². The zero-order valence-corrected chi connectivity index (χ0v) is 10.9. The molecular weight excluding hydrogens is 228 g/mol. The lowest BCUT2D eigenvalue weighted by molar-refractivity contribution is 0.345. The quantitative estimate of drug-likeness (QED) is 0.804. The van der Waals surface area contributed by atoms with Crippen LogP contribution in [0.15, 0.2) is 17.1 Å². The Bertz CT molecular complexity index is 497. The van der Waals surface area contributed by atoms with Gasteiger partial charge in [-0.3, -0.25) is 0 Å². The molecule has 4 heteroatoms. The monoisotopic (exact) mass is 246 g/mol. The van der Waals surface area contributed by atoms with Crippen LogP contribution in [-0.4, -0.2) is 31.5 Å². The fourth-order valence-electron chi connectivity index (χ4n) is 2.66. The smallest absolute Gasteiger partial charge is 0.162 e. The molecule has 1 aromatic carbocycles. The molecule has 0 bridgehead atoms. The van der Waals surface area contributed by atoms with E-state index in [0.29, 0.717) is 0 Å². The van der Waals surface area contributed by atoms with Crippen molar-refractivity contribution in [3.05, 3.63) is 17.7 Å². The van der Waals surface area contributed by atoms with Crippen LogP contribution in [0.25, 0.3) is 0 Å². The Morgan fingerprint density at radius 3 is 2.67 bits per heavy atom. The standard InChI is InChI=1S/C14H18N2O2/c1-17-12-7-10-9-16-6-4-3-5-14(16)15-11(10)8-13(12)18-2/h7-8H,3-6,9H2,1-2H3. The minimum atomic E-state index is 0.754. The molecule has 4 nitrogen and oxygen atoms in total. The van der Waals surface area contributed by atoms with Gasteiger partial charge in [-0.2, -0.15) is 0 Å². The third-order valence-corrected chi connectivity index (χ3v) is 3.64. The molecule has 0 unspecified atom stereocenters. The third-order valence-electron chi connectivity index (χ3n) is 3.64. The van der Waals surface area contributed by atoms with Crippen LogP contribution < -0.4 is 9.47 Å². The minimum absolute atomic E-state index is 0.754. The molecule has 0 aliphatic carbocycles. The van der Waals surface area contributed by atoms with Crippen LogP contribution >= 0.6 is 0 Å². The summed E-state index contributed by atoms with van der Waals surface area (Å²) in [5.74, 6) is 2.76. The van der Waals surface area contributed by atoms with Gasteiger partial charge in [0.15, 0.2) is 11.5 Å². The van der Waals surface area contributed by atoms with Crippen LogP contribution in [0.3, 0.4) is 0 Å². The van der Waals surface area contributed by atoms with Gasteiger partial charge in [-0.05, 0) is 18.9 Å². The number of rotatable bonds is 2. The molecule has 0 spiro atoms. The molecule has 2 heterocycles. The fraction of sp³-hybridized carbons (Fsp3) is 0.500. The molecule has 1 saturated heterocycles. The number of benzene rings is 1. The lowest BCUT2D eigenvalue weighted by Crippen LogP contribution is -2.36. The number of methoxy groups -OCH3 is 2. The van der Waals surface area contributed by atoms with Crippen molar-refractivity contribution in [2.24, 2.45) is 4.99 Å². The van der Waals surface area contributed by atoms with Crippen molar-refractivity contribution >= 4 is 11.5 Å². The second-order valence-corrected chi connectivity index (χ2v) is 4.74. The summed E-state index contributed by atoms with van der Waals surface area (Å²) in [4.78, 5) is 7.13. The molecule has 96 valence electrons. The fourth-order valence-corrected chi connectivity index (χ4v) is 2.66. The molecule has 0 aromatic heterocycles. The summed E-state index contributed by atoms with van der Waals surface area (Å²) in [5.41, 5.74) is 2.25. The topological polar surface area (TPSA) is 34.1 Å². The summed E-state index contributed by atoms with van der Waals surface area (Å²) in [7, 11) is 3.33. The van der Waals surface area contributed by atoms with Gasteiger partial charge in [0, 0.05) is 31.1 Å². The maximum atomic E-state index is 5.35. The first kappa shape index (κ1) is 11.4. The summed E-state index contributed by atoms with van der Waals surface area (Å²) in [6.45, 7) is 2.06. The second kappa shape index (κ2) is 4.52. The summed E-state index contributed by atoms with van der Waals surface area (Å²) in [6.07, 6.45) is 3.60. The van der Waals surface area contributed by atoms with Crippen molar-refractivity contribution in [1.82, 2.24) is 4.90 Å². The van der Waals surface area contributed by atoms with Crippen molar-refractivity contribution < 1.29 is 9.47 Å². The third kappa shape index (κ3) is 1.82. The summed E-state index contributed by atoms with van der Waals surface area (Å²) >= 11 is 0. The number of piperidine rings is 1. The highest BCUT2D eigenvalue weighted by atomic mass is 16.5. The van der Waals surface area contributed by atoms with Crippen molar-refractivity contribution in [2.75, 3.05) is 20.8 Å². The second-order valence-electron chi connectivity index (χ2n) is 4.74. The molecule has 2 aliphatic heterocycles. The lowest BCUT2D eigenvalue weighted by atomic mass is 10.0. The number of amidine groups is 1. The highest BCUT2D eigenvalue weighted by Gasteiger charge is 2.23. The van der Waals surface area contributed by atoms with Crippen molar-refractivity contribution in [3.63, 3.8) is 0 Å². The Morgan fingerprint density at radius 2 is 1.89 bits per heavy atom. The zero-order valence-electron chi connectivity index (χ0n) is 10.9. The van der Waals surface area contributed by atoms with Crippen LogP contribution in [0, 0.1) is 0 Å². The predicted molar refractivity (Wildman–Crippen MR) is 70.9 cm³/mol. The largest absolute Gasteiger partial charge is 0.493 e. The molecule has 18 heavy (non-hydrogen) atoms. The molecule has 0 N–H and O–H groups in total. The number of ether oxygens (including phenoxy) is 2. The molecule has 1 fully saturated rings. The summed E-state index contributed by atoms with van der Waals surface area (Å²) in [6, 6.07) is 4.02. The van der Waals surface area contributed by atoms with Crippen LogP contribution in [0.2, 0.25) is 0 Å². The van der Waals surface area contributed by atoms with Gasteiger partial charge < -0.3 is 14.4 Å². The van der Waals surface area contributed by atoms with E-state index in [0.717, 1.165) is 36.7 Å². The van der Waals surface area contributed by atoms with E-state index in [9.17, 15) is 0 Å². The van der Waals surface area contributed by atoms with E-state index in [4.69, 9.17) is 14.5 Å². The molecule has 3 rings (SSSR count). The van der Waals surface area contributed by atoms with E-state index in [1.807, 2.05) is 12.1 Å². The first-order valence-electron chi connectivity index (χ1n) is 6.39. The van der Waals surface area contributed by atoms with E-state index < -0.39 is 0 Å². The summed E-state index contributed by atoms with van der Waals surface area (Å²) in [5, 5.41) is 0. The van der Waals surface area contributed by atoms with E-state index in [-0.39, 0.29) is 0 Å². The zero-order chi connectivity index (χ0) is 12.5. The highest BCUT2D eigenvalue weighted by molar-refractivity contribution is 5.88. The van der Waals surface area contributed by atoms with Crippen LogP contribution in [0.4, 0.5) is 5.69 Å². The molecule has 0 amide bonds. The van der Waals surface area contributed by atoms with Crippen molar-refractivity contribution in [2.45, 2.75) is 25.8 Å². The Balaban J connectivity index is 2.03. The maximum Gasteiger partial charge on any atom is 0.162 e. The van der Waals surface area contributed by atoms with Crippen molar-refractivity contribution in [3.8, 4) is 11.5 Å². The van der Waals surface area contributed by atoms with Gasteiger partial charge in [0.1, 0.15) is 5.84 Å². The highest BCUT2D eigenvalue weighted by Crippen LogP contribution is 2.38. The van der Waals surface area contributed by atoms with Gasteiger partial charge in [0.25, 0.3) is 0 Å². The lowest BCUT2D eigenvalue weighted by Gasteiger charge is -2.34. The first-order chi connectivity index (χ1) is 8.81. The number of aliphatic imine (C=N–C) groups is 1. The van der Waals surface area contributed by atoms with Gasteiger partial charge in [0.2, 0.25) is 0 Å². The molecule has 0 radical (unpaired) electrons. The Labute approximate surface area is 107 Å². The molecule has 0 atom stereocenters. The molecule has 2 aliphatic rings. The van der Waals surface area contributed by atoms with Crippen LogP contribution in [0.5, 0.6) is 11.5 Å². The maximum absolute atomic E-state index is 5.35. The van der Waals surface area contributed by atoms with Crippen LogP contribution in [-0.2, 0) is 6.54 Å². The Morgan fingerprint density at radius 1 is 1.11 bits per heavy atom. The van der Waals surface area contributed by atoms with Gasteiger partial charge in [-0.1, -0.05) is 0 Å². The van der Waals surface area contributed by atoms with Crippen LogP contribution in [0.1, 0.15) is 24.8 Å². The van der Waals surface area contributed by atoms with Gasteiger partial charge in [0.05, 0.1) is 19.9 Å². The summed E-state index contributed by atoms with van der Waals surface area (Å²) < 4.78 is 10.7. The number of fused-ring (bicyclic) bond motifs is 2.